The summed E-state index contributed by atoms with van der Waals surface area (Å²) in [5.74, 6) is -1.15. The predicted molar refractivity (Wildman–Crippen MR) is 71.5 cm³/mol. The van der Waals surface area contributed by atoms with Crippen molar-refractivity contribution in [2.45, 2.75) is 0 Å². The van der Waals surface area contributed by atoms with Crippen molar-refractivity contribution in [2.24, 2.45) is 0 Å². The van der Waals surface area contributed by atoms with Crippen molar-refractivity contribution in [3.05, 3.63) is 41.5 Å². The zero-order valence-electron chi connectivity index (χ0n) is 11.7. The van der Waals surface area contributed by atoms with Crippen molar-refractivity contribution in [1.82, 2.24) is 9.97 Å². The van der Waals surface area contributed by atoms with Gasteiger partial charge in [-0.1, -0.05) is 6.07 Å². The average Bonchev–Trinajstić information content (AvgIpc) is 2.53. The molecule has 0 bridgehead atoms. The van der Waals surface area contributed by atoms with Crippen LogP contribution in [0.2, 0.25) is 0 Å². The lowest BCUT2D eigenvalue weighted by atomic mass is 10.1. The number of aromatic nitrogens is 2. The minimum Gasteiger partial charge on any atom is -0.496 e. The molecule has 0 spiro atoms. The van der Waals surface area contributed by atoms with Crippen molar-refractivity contribution < 1.29 is 23.4 Å². The summed E-state index contributed by atoms with van der Waals surface area (Å²) in [6, 6.07) is 4.10. The third kappa shape index (κ3) is 2.76. The predicted octanol–water partition coefficient (Wildman–Crippen LogP) is 1.87. The van der Waals surface area contributed by atoms with Crippen molar-refractivity contribution >= 4 is 5.78 Å². The molecule has 2 aromatic rings. The molecule has 1 aromatic heterocycles. The highest BCUT2D eigenvalue weighted by atomic mass is 19.1. The Balaban J connectivity index is 2.55. The number of rotatable bonds is 5. The third-order valence-corrected chi connectivity index (χ3v) is 2.76. The molecule has 1 heterocycles. The molecular weight excluding hydrogens is 279 g/mol. The molecule has 2 rings (SSSR count). The maximum absolute atomic E-state index is 13.9. The van der Waals surface area contributed by atoms with E-state index in [0.717, 1.165) is 0 Å². The van der Waals surface area contributed by atoms with E-state index in [1.807, 2.05) is 0 Å². The van der Waals surface area contributed by atoms with Crippen LogP contribution in [0.4, 0.5) is 4.39 Å². The molecule has 0 aliphatic rings. The molecule has 0 N–H and O–H groups in total. The zero-order valence-corrected chi connectivity index (χ0v) is 11.7. The number of halogens is 1. The molecule has 110 valence electrons. The van der Waals surface area contributed by atoms with Crippen molar-refractivity contribution in [3.63, 3.8) is 0 Å². The van der Waals surface area contributed by atoms with Crippen LogP contribution in [0.3, 0.4) is 0 Å². The molecule has 6 nitrogen and oxygen atoms in total. The summed E-state index contributed by atoms with van der Waals surface area (Å²) in [6.07, 6.45) is 1.25. The Labute approximate surface area is 120 Å². The summed E-state index contributed by atoms with van der Waals surface area (Å²) in [5.41, 5.74) is -0.348. The summed E-state index contributed by atoms with van der Waals surface area (Å²) in [6.45, 7) is 0. The van der Waals surface area contributed by atoms with Gasteiger partial charge in [-0.15, -0.1) is 0 Å². The van der Waals surface area contributed by atoms with E-state index < -0.39 is 11.6 Å². The van der Waals surface area contributed by atoms with Crippen LogP contribution in [0.15, 0.2) is 24.4 Å². The summed E-state index contributed by atoms with van der Waals surface area (Å²) in [7, 11) is 4.09. The first kappa shape index (κ1) is 14.7. The molecule has 0 unspecified atom stereocenters. The van der Waals surface area contributed by atoms with E-state index in [4.69, 9.17) is 14.2 Å². The molecule has 0 aliphatic carbocycles. The lowest BCUT2D eigenvalue weighted by molar-refractivity contribution is 0.102. The Morgan fingerprint density at radius 1 is 1.14 bits per heavy atom. The van der Waals surface area contributed by atoms with Gasteiger partial charge in [-0.05, 0) is 12.1 Å². The Morgan fingerprint density at radius 2 is 1.90 bits per heavy atom. The number of methoxy groups -OCH3 is 3. The van der Waals surface area contributed by atoms with Crippen LogP contribution < -0.4 is 14.2 Å². The van der Waals surface area contributed by atoms with E-state index >= 15 is 0 Å². The van der Waals surface area contributed by atoms with Gasteiger partial charge in [0.25, 0.3) is 0 Å². The molecule has 21 heavy (non-hydrogen) atoms. The molecule has 1 aromatic carbocycles. The molecule has 0 radical (unpaired) electrons. The first-order valence-corrected chi connectivity index (χ1v) is 5.94. The van der Waals surface area contributed by atoms with Crippen molar-refractivity contribution in [1.29, 1.82) is 0 Å². The van der Waals surface area contributed by atoms with Gasteiger partial charge in [0.15, 0.2) is 5.69 Å². The Bertz CT molecular complexity index is 676. The Hall–Kier alpha value is -2.70. The molecule has 0 fully saturated rings. The maximum atomic E-state index is 13.9. The second-order valence-electron chi connectivity index (χ2n) is 3.92. The highest BCUT2D eigenvalue weighted by Crippen LogP contribution is 2.27. The van der Waals surface area contributed by atoms with Gasteiger partial charge in [0, 0.05) is 0 Å². The normalized spacial score (nSPS) is 10.1. The molecule has 0 aliphatic heterocycles. The first-order chi connectivity index (χ1) is 10.1. The molecule has 7 heteroatoms. The van der Waals surface area contributed by atoms with Crippen LogP contribution in [0, 0.1) is 5.82 Å². The van der Waals surface area contributed by atoms with Crippen molar-refractivity contribution in [3.8, 4) is 17.5 Å². The average molecular weight is 292 g/mol. The quantitative estimate of drug-likeness (QED) is 0.784. The number of ketones is 1. The Kier molecular flexibility index (Phi) is 4.32. The number of hydrogen-bond donors (Lipinski definition) is 0. The minimum atomic E-state index is -0.709. The van der Waals surface area contributed by atoms with E-state index in [-0.39, 0.29) is 28.8 Å². The van der Waals surface area contributed by atoms with Crippen LogP contribution in [-0.4, -0.2) is 37.1 Å². The summed E-state index contributed by atoms with van der Waals surface area (Å²) >= 11 is 0. The fourth-order valence-electron chi connectivity index (χ4n) is 1.77. The van der Waals surface area contributed by atoms with Crippen LogP contribution in [0.5, 0.6) is 17.5 Å². The van der Waals surface area contributed by atoms with Gasteiger partial charge >= 0.3 is 0 Å². The lowest BCUT2D eigenvalue weighted by Gasteiger charge is -2.10. The van der Waals surface area contributed by atoms with Gasteiger partial charge in [0.2, 0.25) is 17.5 Å². The van der Waals surface area contributed by atoms with E-state index in [1.54, 1.807) is 0 Å². The van der Waals surface area contributed by atoms with Crippen LogP contribution >= 0.6 is 0 Å². The number of carbonyl (C=O) groups excluding carboxylic acids is 1. The van der Waals surface area contributed by atoms with E-state index in [9.17, 15) is 9.18 Å². The highest BCUT2D eigenvalue weighted by Gasteiger charge is 2.24. The molecule has 0 amide bonds. The number of hydrogen-bond acceptors (Lipinski definition) is 6. The van der Waals surface area contributed by atoms with E-state index in [2.05, 4.69) is 9.97 Å². The molecule has 0 saturated carbocycles. The second kappa shape index (κ2) is 6.17. The van der Waals surface area contributed by atoms with E-state index in [1.165, 1.54) is 45.7 Å². The summed E-state index contributed by atoms with van der Waals surface area (Å²) in [5, 5.41) is 0. The first-order valence-electron chi connectivity index (χ1n) is 5.94. The largest absolute Gasteiger partial charge is 0.496 e. The van der Waals surface area contributed by atoms with Gasteiger partial charge in [-0.2, -0.15) is 4.98 Å². The Morgan fingerprint density at radius 3 is 2.52 bits per heavy atom. The SMILES string of the molecule is COc1cnc(C(=O)c2c(F)cccc2OC)c(OC)n1. The van der Waals surface area contributed by atoms with E-state index in [0.29, 0.717) is 0 Å². The third-order valence-electron chi connectivity index (χ3n) is 2.76. The minimum absolute atomic E-state index is 0.0512. The number of benzene rings is 1. The van der Waals surface area contributed by atoms with Gasteiger partial charge in [0.1, 0.15) is 17.1 Å². The fourth-order valence-corrected chi connectivity index (χ4v) is 1.77. The second-order valence-corrected chi connectivity index (χ2v) is 3.92. The number of carbonyl (C=O) groups is 1. The lowest BCUT2D eigenvalue weighted by Crippen LogP contribution is -2.11. The topological polar surface area (TPSA) is 70.5 Å². The van der Waals surface area contributed by atoms with Crippen LogP contribution in [0.25, 0.3) is 0 Å². The van der Waals surface area contributed by atoms with Crippen LogP contribution in [0.1, 0.15) is 16.1 Å². The summed E-state index contributed by atoms with van der Waals surface area (Å²) < 4.78 is 28.9. The zero-order chi connectivity index (χ0) is 15.4. The highest BCUT2D eigenvalue weighted by molar-refractivity contribution is 6.11. The number of ether oxygens (including phenoxy) is 3. The van der Waals surface area contributed by atoms with Gasteiger partial charge < -0.3 is 14.2 Å². The smallest absolute Gasteiger partial charge is 0.247 e. The number of nitrogens with zero attached hydrogens (tertiary/aromatic N) is 2. The maximum Gasteiger partial charge on any atom is 0.247 e. The monoisotopic (exact) mass is 292 g/mol. The van der Waals surface area contributed by atoms with Gasteiger partial charge in [-0.3, -0.25) is 4.79 Å². The van der Waals surface area contributed by atoms with Gasteiger partial charge in [-0.25, -0.2) is 9.37 Å². The standard InChI is InChI=1S/C14H13FN2O4/c1-19-9-6-4-5-8(15)11(9)13(18)12-14(21-3)17-10(20-2)7-16-12/h4-7H,1-3H3. The van der Waals surface area contributed by atoms with Crippen LogP contribution in [-0.2, 0) is 0 Å². The molecular formula is C14H13FN2O4. The van der Waals surface area contributed by atoms with Crippen molar-refractivity contribution in [2.75, 3.05) is 21.3 Å². The summed E-state index contributed by atoms with van der Waals surface area (Å²) in [4.78, 5) is 20.4. The molecule has 0 saturated heterocycles. The molecule has 0 atom stereocenters. The fraction of sp³-hybridized carbons (Fsp3) is 0.214. The van der Waals surface area contributed by atoms with Gasteiger partial charge in [0.05, 0.1) is 27.5 Å².